The van der Waals surface area contributed by atoms with Gasteiger partial charge in [0.05, 0.1) is 0 Å². The zero-order valence-electron chi connectivity index (χ0n) is 12.9. The number of nitrogens with zero attached hydrogens (tertiary/aromatic N) is 1. The molecule has 0 saturated heterocycles. The molecule has 0 unspecified atom stereocenters. The van der Waals surface area contributed by atoms with E-state index in [1.54, 1.807) is 0 Å². The fraction of sp³-hybridized carbons (Fsp3) is 0.412. The number of carbonyl (C=O) groups is 2. The molecule has 2 aromatic rings. The van der Waals surface area contributed by atoms with Gasteiger partial charge in [0.1, 0.15) is 0 Å². The van der Waals surface area contributed by atoms with Gasteiger partial charge in [0, 0.05) is 42.7 Å². The number of hydrogen-bond donors (Lipinski definition) is 2. The minimum Gasteiger partial charge on any atom is -0.481 e. The standard InChI is InChI=1S/C17H21ClN2O3/c18-14-6-5-13-7-10-20(15(13)12-14)11-8-16(21)19-9-3-1-2-4-17(22)23/h5-7,10,12H,1-4,8-9,11H2,(H,19,21)(H,22,23). The molecule has 0 fully saturated rings. The van der Waals surface area contributed by atoms with Gasteiger partial charge in [-0.3, -0.25) is 9.59 Å². The van der Waals surface area contributed by atoms with Crippen LogP contribution in [-0.2, 0) is 16.1 Å². The first-order chi connectivity index (χ1) is 11.1. The van der Waals surface area contributed by atoms with E-state index in [2.05, 4.69) is 5.32 Å². The van der Waals surface area contributed by atoms with Gasteiger partial charge in [0.2, 0.25) is 5.91 Å². The van der Waals surface area contributed by atoms with E-state index in [4.69, 9.17) is 16.7 Å². The third kappa shape index (κ3) is 5.60. The van der Waals surface area contributed by atoms with E-state index in [0.29, 0.717) is 31.0 Å². The van der Waals surface area contributed by atoms with E-state index in [9.17, 15) is 9.59 Å². The Balaban J connectivity index is 1.69. The lowest BCUT2D eigenvalue weighted by Gasteiger charge is -2.07. The minimum atomic E-state index is -0.770. The molecule has 1 heterocycles. The number of carboxylic acid groups (broad SMARTS) is 1. The molecular weight excluding hydrogens is 316 g/mol. The highest BCUT2D eigenvalue weighted by atomic mass is 35.5. The number of hydrogen-bond acceptors (Lipinski definition) is 2. The average molecular weight is 337 g/mol. The molecule has 0 spiro atoms. The van der Waals surface area contributed by atoms with Crippen LogP contribution in [0.5, 0.6) is 0 Å². The molecular formula is C17H21ClN2O3. The molecule has 0 radical (unpaired) electrons. The van der Waals surface area contributed by atoms with Crippen LogP contribution in [-0.4, -0.2) is 28.1 Å². The Morgan fingerprint density at radius 3 is 2.74 bits per heavy atom. The third-order valence-corrected chi connectivity index (χ3v) is 3.94. The fourth-order valence-electron chi connectivity index (χ4n) is 2.47. The lowest BCUT2D eigenvalue weighted by Crippen LogP contribution is -2.25. The first kappa shape index (κ1) is 17.3. The number of unbranched alkanes of at least 4 members (excludes halogenated alkanes) is 2. The van der Waals surface area contributed by atoms with Gasteiger partial charge in [-0.1, -0.05) is 24.1 Å². The van der Waals surface area contributed by atoms with E-state index in [0.717, 1.165) is 23.7 Å². The Bertz CT molecular complexity index is 682. The van der Waals surface area contributed by atoms with Gasteiger partial charge < -0.3 is 15.0 Å². The number of carboxylic acids is 1. The maximum atomic E-state index is 11.8. The Morgan fingerprint density at radius 1 is 1.13 bits per heavy atom. The lowest BCUT2D eigenvalue weighted by molar-refractivity contribution is -0.137. The molecule has 0 aliphatic rings. The first-order valence-corrected chi connectivity index (χ1v) is 8.17. The first-order valence-electron chi connectivity index (χ1n) is 7.79. The second-order valence-electron chi connectivity index (χ2n) is 5.52. The number of rotatable bonds is 9. The number of nitrogens with one attached hydrogen (secondary N) is 1. The highest BCUT2D eigenvalue weighted by Crippen LogP contribution is 2.20. The van der Waals surface area contributed by atoms with Crippen LogP contribution in [0.3, 0.4) is 0 Å². The second-order valence-corrected chi connectivity index (χ2v) is 5.95. The maximum Gasteiger partial charge on any atom is 0.303 e. The lowest BCUT2D eigenvalue weighted by atomic mass is 10.2. The predicted octanol–water partition coefficient (Wildman–Crippen LogP) is 3.45. The molecule has 1 aromatic heterocycles. The summed E-state index contributed by atoms with van der Waals surface area (Å²) in [6, 6.07) is 7.72. The highest BCUT2D eigenvalue weighted by Gasteiger charge is 2.05. The predicted molar refractivity (Wildman–Crippen MR) is 90.7 cm³/mol. The van der Waals surface area contributed by atoms with Gasteiger partial charge in [-0.25, -0.2) is 0 Å². The van der Waals surface area contributed by atoms with Gasteiger partial charge in [0.15, 0.2) is 0 Å². The molecule has 0 saturated carbocycles. The van der Waals surface area contributed by atoms with Gasteiger partial charge in [-0.2, -0.15) is 0 Å². The molecule has 124 valence electrons. The zero-order chi connectivity index (χ0) is 16.7. The van der Waals surface area contributed by atoms with Gasteiger partial charge in [-0.15, -0.1) is 0 Å². The quantitative estimate of drug-likeness (QED) is 0.689. The van der Waals surface area contributed by atoms with E-state index >= 15 is 0 Å². The molecule has 0 aliphatic heterocycles. The number of aromatic nitrogens is 1. The van der Waals surface area contributed by atoms with Crippen LogP contribution < -0.4 is 5.32 Å². The zero-order valence-corrected chi connectivity index (χ0v) is 13.7. The molecule has 5 nitrogen and oxygen atoms in total. The second kappa shape index (κ2) is 8.58. The number of carbonyl (C=O) groups excluding carboxylic acids is 1. The molecule has 6 heteroatoms. The van der Waals surface area contributed by atoms with Crippen molar-refractivity contribution in [3.8, 4) is 0 Å². The van der Waals surface area contributed by atoms with Crippen molar-refractivity contribution < 1.29 is 14.7 Å². The molecule has 0 atom stereocenters. The Morgan fingerprint density at radius 2 is 1.96 bits per heavy atom. The Kier molecular flexibility index (Phi) is 6.47. The number of aliphatic carboxylic acids is 1. The van der Waals surface area contributed by atoms with Crippen LogP contribution in [0.15, 0.2) is 30.5 Å². The fourth-order valence-corrected chi connectivity index (χ4v) is 2.63. The SMILES string of the molecule is O=C(O)CCCCCNC(=O)CCn1ccc2ccc(Cl)cc21. The van der Waals surface area contributed by atoms with Crippen molar-refractivity contribution in [2.45, 2.75) is 38.6 Å². The molecule has 0 aliphatic carbocycles. The Labute approximate surface area is 140 Å². The van der Waals surface area contributed by atoms with Crippen LogP contribution in [0.2, 0.25) is 5.02 Å². The average Bonchev–Trinajstić information content (AvgIpc) is 2.90. The molecule has 2 rings (SSSR count). The summed E-state index contributed by atoms with van der Waals surface area (Å²) in [4.78, 5) is 22.2. The van der Waals surface area contributed by atoms with E-state index < -0.39 is 5.97 Å². The number of aryl methyl sites for hydroxylation is 1. The molecule has 1 aromatic carbocycles. The van der Waals surface area contributed by atoms with Crippen molar-refractivity contribution in [2.24, 2.45) is 0 Å². The monoisotopic (exact) mass is 336 g/mol. The van der Waals surface area contributed by atoms with Crippen molar-refractivity contribution in [3.63, 3.8) is 0 Å². The smallest absolute Gasteiger partial charge is 0.303 e. The van der Waals surface area contributed by atoms with E-state index in [1.807, 2.05) is 35.0 Å². The summed E-state index contributed by atoms with van der Waals surface area (Å²) in [5, 5.41) is 13.2. The summed E-state index contributed by atoms with van der Waals surface area (Å²) in [5.74, 6) is -0.764. The van der Waals surface area contributed by atoms with Gasteiger partial charge in [0.25, 0.3) is 0 Å². The van der Waals surface area contributed by atoms with Crippen LogP contribution in [0.4, 0.5) is 0 Å². The van der Waals surface area contributed by atoms with Crippen molar-refractivity contribution >= 4 is 34.4 Å². The molecule has 23 heavy (non-hydrogen) atoms. The summed E-state index contributed by atoms with van der Waals surface area (Å²) in [7, 11) is 0. The number of benzene rings is 1. The van der Waals surface area contributed by atoms with Crippen molar-refractivity contribution in [1.29, 1.82) is 0 Å². The number of fused-ring (bicyclic) bond motifs is 1. The van der Waals surface area contributed by atoms with Crippen molar-refractivity contribution in [3.05, 3.63) is 35.5 Å². The normalized spacial score (nSPS) is 10.8. The summed E-state index contributed by atoms with van der Waals surface area (Å²) < 4.78 is 2.02. The summed E-state index contributed by atoms with van der Waals surface area (Å²) in [6.07, 6.45) is 4.83. The molecule has 0 bridgehead atoms. The topological polar surface area (TPSA) is 71.3 Å². The van der Waals surface area contributed by atoms with Crippen LogP contribution in [0, 0.1) is 0 Å². The summed E-state index contributed by atoms with van der Waals surface area (Å²) in [6.45, 7) is 1.20. The summed E-state index contributed by atoms with van der Waals surface area (Å²) >= 11 is 6.01. The largest absolute Gasteiger partial charge is 0.481 e. The van der Waals surface area contributed by atoms with E-state index in [1.165, 1.54) is 0 Å². The van der Waals surface area contributed by atoms with E-state index in [-0.39, 0.29) is 12.3 Å². The van der Waals surface area contributed by atoms with Crippen LogP contribution in [0.1, 0.15) is 32.1 Å². The third-order valence-electron chi connectivity index (χ3n) is 3.71. The van der Waals surface area contributed by atoms with Crippen molar-refractivity contribution in [2.75, 3.05) is 6.54 Å². The maximum absolute atomic E-state index is 11.8. The number of halogens is 1. The number of amides is 1. The van der Waals surface area contributed by atoms with Crippen LogP contribution in [0.25, 0.3) is 10.9 Å². The molecule has 1 amide bonds. The summed E-state index contributed by atoms with van der Waals surface area (Å²) in [5.41, 5.74) is 1.03. The molecule has 2 N–H and O–H groups in total. The van der Waals surface area contributed by atoms with Gasteiger partial charge >= 0.3 is 5.97 Å². The van der Waals surface area contributed by atoms with Gasteiger partial charge in [-0.05, 0) is 36.4 Å². The minimum absolute atomic E-state index is 0.00659. The Hall–Kier alpha value is -2.01. The highest BCUT2D eigenvalue weighted by molar-refractivity contribution is 6.31. The van der Waals surface area contributed by atoms with Crippen molar-refractivity contribution in [1.82, 2.24) is 9.88 Å². The van der Waals surface area contributed by atoms with Crippen LogP contribution >= 0.6 is 11.6 Å².